The summed E-state index contributed by atoms with van der Waals surface area (Å²) in [5.41, 5.74) is 10.9. The molecule has 0 heterocycles. The number of anilines is 1. The summed E-state index contributed by atoms with van der Waals surface area (Å²) in [5.74, 6) is -0.298. The molecule has 7 heteroatoms. The summed E-state index contributed by atoms with van der Waals surface area (Å²) in [6.45, 7) is 1.78. The summed E-state index contributed by atoms with van der Waals surface area (Å²) >= 11 is 0. The van der Waals surface area contributed by atoms with Gasteiger partial charge in [0.05, 0.1) is 17.1 Å². The van der Waals surface area contributed by atoms with Crippen LogP contribution in [0.25, 0.3) is 0 Å². The Kier molecular flexibility index (Phi) is 5.03. The van der Waals surface area contributed by atoms with Gasteiger partial charge in [-0.05, 0) is 30.2 Å². The molecule has 2 aromatic rings. The Labute approximate surface area is 133 Å². The van der Waals surface area contributed by atoms with Crippen LogP contribution < -0.4 is 11.2 Å². The molecule has 0 saturated heterocycles. The Morgan fingerprint density at radius 2 is 1.78 bits per heavy atom. The van der Waals surface area contributed by atoms with Gasteiger partial charge in [0, 0.05) is 17.8 Å². The number of hydrogen-bond acceptors (Lipinski definition) is 5. The van der Waals surface area contributed by atoms with Crippen molar-refractivity contribution < 1.29 is 9.72 Å². The standard InChI is InChI=1S/C16H16N4O3/c1-11(13-4-6-14(17)7-5-13)18-19-16(21)10-12-2-8-15(9-3-12)20(22)23/h2-9H,10,17H2,1H3,(H,19,21)/b18-11-. The lowest BCUT2D eigenvalue weighted by molar-refractivity contribution is -0.384. The number of nitro benzene ring substituents is 1. The molecule has 7 nitrogen and oxygen atoms in total. The molecule has 0 radical (unpaired) electrons. The summed E-state index contributed by atoms with van der Waals surface area (Å²) in [6.07, 6.45) is 0.0938. The molecule has 1 amide bonds. The first-order valence-corrected chi connectivity index (χ1v) is 6.88. The van der Waals surface area contributed by atoms with Crippen molar-refractivity contribution in [3.05, 3.63) is 69.8 Å². The Balaban J connectivity index is 1.95. The van der Waals surface area contributed by atoms with Crippen LogP contribution in [-0.2, 0) is 11.2 Å². The van der Waals surface area contributed by atoms with Crippen LogP contribution in [0.1, 0.15) is 18.1 Å². The number of carbonyl (C=O) groups is 1. The van der Waals surface area contributed by atoms with Crippen molar-refractivity contribution in [2.24, 2.45) is 5.10 Å². The maximum Gasteiger partial charge on any atom is 0.269 e. The van der Waals surface area contributed by atoms with E-state index in [1.165, 1.54) is 12.1 Å². The van der Waals surface area contributed by atoms with Crippen LogP contribution in [0.2, 0.25) is 0 Å². The minimum absolute atomic E-state index is 0.00799. The van der Waals surface area contributed by atoms with E-state index in [-0.39, 0.29) is 18.0 Å². The van der Waals surface area contributed by atoms with Crippen molar-refractivity contribution in [2.75, 3.05) is 5.73 Å². The highest BCUT2D eigenvalue weighted by Crippen LogP contribution is 2.12. The normalized spacial score (nSPS) is 11.1. The third kappa shape index (κ3) is 4.63. The van der Waals surface area contributed by atoms with Crippen LogP contribution in [0.5, 0.6) is 0 Å². The number of nitrogen functional groups attached to an aromatic ring is 1. The smallest absolute Gasteiger partial charge is 0.269 e. The Bertz CT molecular complexity index is 737. The van der Waals surface area contributed by atoms with Gasteiger partial charge < -0.3 is 5.73 Å². The highest BCUT2D eigenvalue weighted by molar-refractivity contribution is 5.99. The third-order valence-electron chi connectivity index (χ3n) is 3.19. The molecule has 0 bridgehead atoms. The van der Waals surface area contributed by atoms with Gasteiger partial charge in [0.2, 0.25) is 5.91 Å². The van der Waals surface area contributed by atoms with Crippen LogP contribution in [0, 0.1) is 10.1 Å². The van der Waals surface area contributed by atoms with Crippen LogP contribution in [0.15, 0.2) is 53.6 Å². The Hall–Kier alpha value is -3.22. The fourth-order valence-electron chi connectivity index (χ4n) is 1.90. The summed E-state index contributed by atoms with van der Waals surface area (Å²) in [6, 6.07) is 13.0. The summed E-state index contributed by atoms with van der Waals surface area (Å²) in [5, 5.41) is 14.6. The van der Waals surface area contributed by atoms with E-state index in [1.54, 1.807) is 31.2 Å². The van der Waals surface area contributed by atoms with E-state index in [9.17, 15) is 14.9 Å². The molecule has 0 aromatic heterocycles. The van der Waals surface area contributed by atoms with Gasteiger partial charge in [-0.3, -0.25) is 14.9 Å². The number of rotatable bonds is 5. The first-order valence-electron chi connectivity index (χ1n) is 6.88. The zero-order valence-electron chi connectivity index (χ0n) is 12.5. The lowest BCUT2D eigenvalue weighted by Gasteiger charge is -2.04. The van der Waals surface area contributed by atoms with Crippen molar-refractivity contribution in [1.29, 1.82) is 0 Å². The van der Waals surface area contributed by atoms with Crippen LogP contribution in [0.4, 0.5) is 11.4 Å². The van der Waals surface area contributed by atoms with Crippen molar-refractivity contribution in [3.63, 3.8) is 0 Å². The SMILES string of the molecule is C/C(=N/NC(=O)Cc1ccc([N+](=O)[O-])cc1)c1ccc(N)cc1. The average molecular weight is 312 g/mol. The first-order chi connectivity index (χ1) is 11.0. The van der Waals surface area contributed by atoms with E-state index in [1.807, 2.05) is 12.1 Å². The zero-order valence-corrected chi connectivity index (χ0v) is 12.5. The minimum atomic E-state index is -0.482. The number of nitro groups is 1. The second kappa shape index (κ2) is 7.17. The topological polar surface area (TPSA) is 111 Å². The number of carbonyl (C=O) groups excluding carboxylic acids is 1. The molecule has 0 aliphatic rings. The number of nitrogens with two attached hydrogens (primary N) is 1. The number of hydrazone groups is 1. The van der Waals surface area contributed by atoms with Gasteiger partial charge in [-0.25, -0.2) is 5.43 Å². The number of nitrogens with one attached hydrogen (secondary N) is 1. The molecule has 118 valence electrons. The molecule has 0 spiro atoms. The van der Waals surface area contributed by atoms with Crippen molar-refractivity contribution in [2.45, 2.75) is 13.3 Å². The van der Waals surface area contributed by atoms with E-state index in [2.05, 4.69) is 10.5 Å². The monoisotopic (exact) mass is 312 g/mol. The second-order valence-corrected chi connectivity index (χ2v) is 4.95. The minimum Gasteiger partial charge on any atom is -0.399 e. The molecular formula is C16H16N4O3. The van der Waals surface area contributed by atoms with Crippen LogP contribution >= 0.6 is 0 Å². The number of nitrogens with zero attached hydrogens (tertiary/aromatic N) is 2. The van der Waals surface area contributed by atoms with E-state index in [0.717, 1.165) is 5.56 Å². The molecule has 0 unspecified atom stereocenters. The summed E-state index contributed by atoms with van der Waals surface area (Å²) in [4.78, 5) is 21.9. The lowest BCUT2D eigenvalue weighted by atomic mass is 10.1. The first kappa shape index (κ1) is 16.2. The average Bonchev–Trinajstić information content (AvgIpc) is 2.54. The van der Waals surface area contributed by atoms with Gasteiger partial charge in [0.25, 0.3) is 5.69 Å². The second-order valence-electron chi connectivity index (χ2n) is 4.95. The molecule has 0 aliphatic carbocycles. The number of amides is 1. The van der Waals surface area contributed by atoms with Crippen molar-refractivity contribution in [3.8, 4) is 0 Å². The van der Waals surface area contributed by atoms with Gasteiger partial charge in [-0.1, -0.05) is 24.3 Å². The molecule has 0 aliphatic heterocycles. The van der Waals surface area contributed by atoms with Gasteiger partial charge in [0.1, 0.15) is 0 Å². The molecule has 0 fully saturated rings. The predicted molar refractivity (Wildman–Crippen MR) is 88.0 cm³/mol. The summed E-state index contributed by atoms with van der Waals surface area (Å²) < 4.78 is 0. The van der Waals surface area contributed by atoms with E-state index in [4.69, 9.17) is 5.73 Å². The molecule has 3 N–H and O–H groups in total. The van der Waals surface area contributed by atoms with Gasteiger partial charge >= 0.3 is 0 Å². The lowest BCUT2D eigenvalue weighted by Crippen LogP contribution is -2.21. The molecule has 2 aromatic carbocycles. The number of non-ortho nitro benzene ring substituents is 1. The van der Waals surface area contributed by atoms with E-state index in [0.29, 0.717) is 17.0 Å². The summed E-state index contributed by atoms with van der Waals surface area (Å²) in [7, 11) is 0. The molecule has 23 heavy (non-hydrogen) atoms. The van der Waals surface area contributed by atoms with E-state index >= 15 is 0 Å². The molecule has 2 rings (SSSR count). The number of benzene rings is 2. The fourth-order valence-corrected chi connectivity index (χ4v) is 1.90. The maximum absolute atomic E-state index is 11.8. The third-order valence-corrected chi connectivity index (χ3v) is 3.19. The van der Waals surface area contributed by atoms with E-state index < -0.39 is 4.92 Å². The van der Waals surface area contributed by atoms with Gasteiger partial charge in [0.15, 0.2) is 0 Å². The molecular weight excluding hydrogens is 296 g/mol. The maximum atomic E-state index is 11.8. The highest BCUT2D eigenvalue weighted by Gasteiger charge is 2.07. The zero-order chi connectivity index (χ0) is 16.8. The van der Waals surface area contributed by atoms with Crippen molar-refractivity contribution in [1.82, 2.24) is 5.43 Å². The molecule has 0 atom stereocenters. The predicted octanol–water partition coefficient (Wildman–Crippen LogP) is 2.26. The van der Waals surface area contributed by atoms with Gasteiger partial charge in [-0.15, -0.1) is 0 Å². The van der Waals surface area contributed by atoms with Crippen LogP contribution in [0.3, 0.4) is 0 Å². The molecule has 0 saturated carbocycles. The van der Waals surface area contributed by atoms with Crippen molar-refractivity contribution >= 4 is 23.0 Å². The highest BCUT2D eigenvalue weighted by atomic mass is 16.6. The quantitative estimate of drug-likeness (QED) is 0.382. The Morgan fingerprint density at radius 1 is 1.17 bits per heavy atom. The van der Waals surface area contributed by atoms with Gasteiger partial charge in [-0.2, -0.15) is 5.10 Å². The Morgan fingerprint density at radius 3 is 2.35 bits per heavy atom. The van der Waals surface area contributed by atoms with Crippen LogP contribution in [-0.4, -0.2) is 16.5 Å². The largest absolute Gasteiger partial charge is 0.399 e. The fraction of sp³-hybridized carbons (Fsp3) is 0.125. The number of hydrogen-bond donors (Lipinski definition) is 2.